The molecule has 17 heavy (non-hydrogen) atoms. The van der Waals surface area contributed by atoms with Gasteiger partial charge in [0.05, 0.1) is 6.10 Å². The Balaban J connectivity index is 1.99. The molecule has 1 aliphatic heterocycles. The number of nitrogens with zero attached hydrogens (tertiary/aromatic N) is 2. The van der Waals surface area contributed by atoms with Crippen molar-refractivity contribution >= 4 is 5.82 Å². The SMILES string of the molecule is C[C@@H](O)c1ccc(N2CCC(CO)CC2)nc1. The Morgan fingerprint density at radius 1 is 1.41 bits per heavy atom. The van der Waals surface area contributed by atoms with E-state index >= 15 is 0 Å². The summed E-state index contributed by atoms with van der Waals surface area (Å²) in [5, 5.41) is 18.5. The van der Waals surface area contributed by atoms with Gasteiger partial charge in [0.1, 0.15) is 5.82 Å². The molecular weight excluding hydrogens is 216 g/mol. The van der Waals surface area contributed by atoms with Crippen LogP contribution in [0.15, 0.2) is 18.3 Å². The summed E-state index contributed by atoms with van der Waals surface area (Å²) in [6, 6.07) is 3.88. The topological polar surface area (TPSA) is 56.6 Å². The maximum Gasteiger partial charge on any atom is 0.128 e. The summed E-state index contributed by atoms with van der Waals surface area (Å²) in [5.41, 5.74) is 0.846. The molecule has 2 rings (SSSR count). The molecule has 94 valence electrons. The molecule has 0 saturated carbocycles. The number of anilines is 1. The van der Waals surface area contributed by atoms with Crippen molar-refractivity contribution in [3.63, 3.8) is 0 Å². The van der Waals surface area contributed by atoms with Crippen LogP contribution in [0.25, 0.3) is 0 Å². The van der Waals surface area contributed by atoms with Gasteiger partial charge in [-0.05, 0) is 37.3 Å². The van der Waals surface area contributed by atoms with Crippen LogP contribution < -0.4 is 4.90 Å². The van der Waals surface area contributed by atoms with Crippen molar-refractivity contribution in [2.45, 2.75) is 25.9 Å². The molecule has 2 N–H and O–H groups in total. The molecule has 0 spiro atoms. The maximum absolute atomic E-state index is 9.41. The Morgan fingerprint density at radius 3 is 2.59 bits per heavy atom. The number of aliphatic hydroxyl groups is 2. The zero-order chi connectivity index (χ0) is 12.3. The molecule has 4 heteroatoms. The van der Waals surface area contributed by atoms with Crippen molar-refractivity contribution in [2.24, 2.45) is 5.92 Å². The van der Waals surface area contributed by atoms with E-state index in [1.807, 2.05) is 12.1 Å². The summed E-state index contributed by atoms with van der Waals surface area (Å²) in [7, 11) is 0. The highest BCUT2D eigenvalue weighted by atomic mass is 16.3. The third-order valence-electron chi connectivity index (χ3n) is 3.45. The van der Waals surface area contributed by atoms with E-state index < -0.39 is 6.10 Å². The fraction of sp³-hybridized carbons (Fsp3) is 0.615. The van der Waals surface area contributed by atoms with Gasteiger partial charge in [-0.3, -0.25) is 0 Å². The normalized spacial score (nSPS) is 19.4. The highest BCUT2D eigenvalue weighted by Gasteiger charge is 2.19. The van der Waals surface area contributed by atoms with E-state index in [0.29, 0.717) is 12.5 Å². The average molecular weight is 236 g/mol. The molecule has 1 aromatic rings. The summed E-state index contributed by atoms with van der Waals surface area (Å²) in [4.78, 5) is 6.61. The van der Waals surface area contributed by atoms with Gasteiger partial charge in [-0.2, -0.15) is 0 Å². The molecule has 0 amide bonds. The molecule has 0 aromatic carbocycles. The largest absolute Gasteiger partial charge is 0.396 e. The maximum atomic E-state index is 9.41. The quantitative estimate of drug-likeness (QED) is 0.831. The highest BCUT2D eigenvalue weighted by molar-refractivity contribution is 5.40. The first-order valence-corrected chi connectivity index (χ1v) is 6.20. The number of piperidine rings is 1. The van der Waals surface area contributed by atoms with Crippen LogP contribution in [0, 0.1) is 5.92 Å². The number of aliphatic hydroxyl groups excluding tert-OH is 2. The molecule has 0 unspecified atom stereocenters. The van der Waals surface area contributed by atoms with Gasteiger partial charge < -0.3 is 15.1 Å². The smallest absolute Gasteiger partial charge is 0.128 e. The van der Waals surface area contributed by atoms with Crippen LogP contribution >= 0.6 is 0 Å². The molecule has 1 aromatic heterocycles. The Labute approximate surface area is 102 Å². The summed E-state index contributed by atoms with van der Waals surface area (Å²) in [5.74, 6) is 1.41. The number of aromatic nitrogens is 1. The van der Waals surface area contributed by atoms with Gasteiger partial charge in [0.25, 0.3) is 0 Å². The lowest BCUT2D eigenvalue weighted by Crippen LogP contribution is -2.35. The standard InChI is InChI=1S/C13H20N2O2/c1-10(17)12-2-3-13(14-8-12)15-6-4-11(9-16)5-7-15/h2-3,8,10-11,16-17H,4-7,9H2,1H3/t10-/m1/s1. The van der Waals surface area contributed by atoms with Gasteiger partial charge in [-0.1, -0.05) is 6.07 Å². The Bertz CT molecular complexity index is 343. The lowest BCUT2D eigenvalue weighted by atomic mass is 9.98. The summed E-state index contributed by atoms with van der Waals surface area (Å²) < 4.78 is 0. The van der Waals surface area contributed by atoms with Gasteiger partial charge in [0, 0.05) is 25.9 Å². The number of rotatable bonds is 3. The first-order valence-electron chi connectivity index (χ1n) is 6.20. The predicted molar refractivity (Wildman–Crippen MR) is 66.9 cm³/mol. The van der Waals surface area contributed by atoms with Crippen molar-refractivity contribution in [2.75, 3.05) is 24.6 Å². The summed E-state index contributed by atoms with van der Waals surface area (Å²) in [6.45, 7) is 3.93. The second-order valence-corrected chi connectivity index (χ2v) is 4.74. The Morgan fingerprint density at radius 2 is 2.12 bits per heavy atom. The average Bonchev–Trinajstić information content (AvgIpc) is 2.39. The van der Waals surface area contributed by atoms with Gasteiger partial charge >= 0.3 is 0 Å². The molecule has 0 bridgehead atoms. The van der Waals surface area contributed by atoms with E-state index in [0.717, 1.165) is 37.3 Å². The van der Waals surface area contributed by atoms with E-state index in [2.05, 4.69) is 9.88 Å². The molecule has 4 nitrogen and oxygen atoms in total. The van der Waals surface area contributed by atoms with Crippen LogP contribution in [0.4, 0.5) is 5.82 Å². The fourth-order valence-corrected chi connectivity index (χ4v) is 2.18. The van der Waals surface area contributed by atoms with E-state index in [1.54, 1.807) is 13.1 Å². The van der Waals surface area contributed by atoms with E-state index in [1.165, 1.54) is 0 Å². The number of hydrogen-bond donors (Lipinski definition) is 2. The van der Waals surface area contributed by atoms with Crippen molar-refractivity contribution in [1.29, 1.82) is 0 Å². The Kier molecular flexibility index (Phi) is 3.97. The molecule has 1 atom stereocenters. The van der Waals surface area contributed by atoms with E-state index in [-0.39, 0.29) is 0 Å². The second-order valence-electron chi connectivity index (χ2n) is 4.74. The highest BCUT2D eigenvalue weighted by Crippen LogP contribution is 2.22. The first-order chi connectivity index (χ1) is 8.20. The summed E-state index contributed by atoms with van der Waals surface area (Å²) >= 11 is 0. The first kappa shape index (κ1) is 12.3. The molecule has 0 radical (unpaired) electrons. The minimum Gasteiger partial charge on any atom is -0.396 e. The zero-order valence-corrected chi connectivity index (χ0v) is 10.2. The lowest BCUT2D eigenvalue weighted by Gasteiger charge is -2.32. The monoisotopic (exact) mass is 236 g/mol. The van der Waals surface area contributed by atoms with Crippen LogP contribution in [-0.4, -0.2) is 34.9 Å². The lowest BCUT2D eigenvalue weighted by molar-refractivity contribution is 0.198. The Hall–Kier alpha value is -1.13. The van der Waals surface area contributed by atoms with Crippen LogP contribution in [0.5, 0.6) is 0 Å². The van der Waals surface area contributed by atoms with Crippen LogP contribution in [0.3, 0.4) is 0 Å². The van der Waals surface area contributed by atoms with Gasteiger partial charge in [0.15, 0.2) is 0 Å². The van der Waals surface area contributed by atoms with Crippen LogP contribution in [0.2, 0.25) is 0 Å². The third kappa shape index (κ3) is 2.96. The van der Waals surface area contributed by atoms with E-state index in [4.69, 9.17) is 5.11 Å². The number of pyridine rings is 1. The third-order valence-corrected chi connectivity index (χ3v) is 3.45. The molecular formula is C13H20N2O2. The number of hydrogen-bond acceptors (Lipinski definition) is 4. The predicted octanol–water partition coefficient (Wildman–Crippen LogP) is 1.34. The molecule has 1 aliphatic rings. The molecule has 2 heterocycles. The van der Waals surface area contributed by atoms with Crippen molar-refractivity contribution < 1.29 is 10.2 Å². The minimum absolute atomic E-state index is 0.294. The van der Waals surface area contributed by atoms with Crippen molar-refractivity contribution in [3.05, 3.63) is 23.9 Å². The van der Waals surface area contributed by atoms with Crippen LogP contribution in [0.1, 0.15) is 31.4 Å². The minimum atomic E-state index is -0.461. The van der Waals surface area contributed by atoms with Gasteiger partial charge in [0.2, 0.25) is 0 Å². The van der Waals surface area contributed by atoms with E-state index in [9.17, 15) is 5.11 Å². The fourth-order valence-electron chi connectivity index (χ4n) is 2.18. The van der Waals surface area contributed by atoms with Gasteiger partial charge in [-0.15, -0.1) is 0 Å². The molecule has 1 fully saturated rings. The summed E-state index contributed by atoms with van der Waals surface area (Å²) in [6.07, 6.45) is 3.32. The second kappa shape index (κ2) is 5.47. The van der Waals surface area contributed by atoms with Gasteiger partial charge in [-0.25, -0.2) is 4.98 Å². The van der Waals surface area contributed by atoms with Crippen molar-refractivity contribution in [1.82, 2.24) is 4.98 Å². The molecule has 1 saturated heterocycles. The zero-order valence-electron chi connectivity index (χ0n) is 10.2. The molecule has 0 aliphatic carbocycles. The van der Waals surface area contributed by atoms with Crippen LogP contribution in [-0.2, 0) is 0 Å². The van der Waals surface area contributed by atoms with Crippen molar-refractivity contribution in [3.8, 4) is 0 Å².